The molecule has 0 bridgehead atoms. The van der Waals surface area contributed by atoms with E-state index in [4.69, 9.17) is 11.6 Å². The summed E-state index contributed by atoms with van der Waals surface area (Å²) in [7, 11) is 0. The Kier molecular flexibility index (Phi) is 4.85. The lowest BCUT2D eigenvalue weighted by Gasteiger charge is -2.14. The van der Waals surface area contributed by atoms with E-state index >= 15 is 0 Å². The Hall–Kier alpha value is 0.0700. The summed E-state index contributed by atoms with van der Waals surface area (Å²) in [4.78, 5) is 10.2. The third-order valence-electron chi connectivity index (χ3n) is 1.12. The van der Waals surface area contributed by atoms with Crippen LogP contribution in [0.15, 0.2) is 0 Å². The number of hydrogen-bond acceptors (Lipinski definition) is 3. The molecule has 10 heavy (non-hydrogen) atoms. The largest absolute Gasteiger partial charge is 0.772 e. The van der Waals surface area contributed by atoms with Gasteiger partial charge in [0.15, 0.2) is 0 Å². The molecule has 60 valence electrons. The van der Waals surface area contributed by atoms with Crippen LogP contribution < -0.4 is 0 Å². The van der Waals surface area contributed by atoms with Crippen molar-refractivity contribution in [3.8, 4) is 0 Å². The van der Waals surface area contributed by atoms with Crippen LogP contribution >= 0.6 is 11.6 Å². The molecule has 0 aromatic heterocycles. The molecule has 0 radical (unpaired) electrons. The SMILES string of the molecule is CCC(CC(=O)Cl)S(=O)[O-]. The summed E-state index contributed by atoms with van der Waals surface area (Å²) in [6.07, 6.45) is 0.336. The Morgan fingerprint density at radius 2 is 2.30 bits per heavy atom. The minimum absolute atomic E-state index is 0.0891. The van der Waals surface area contributed by atoms with Crippen molar-refractivity contribution in [1.29, 1.82) is 0 Å². The van der Waals surface area contributed by atoms with Crippen LogP contribution in [0.3, 0.4) is 0 Å². The van der Waals surface area contributed by atoms with E-state index in [1.165, 1.54) is 0 Å². The molecule has 0 saturated heterocycles. The van der Waals surface area contributed by atoms with E-state index in [2.05, 4.69) is 0 Å². The molecule has 0 spiro atoms. The normalized spacial score (nSPS) is 16.3. The van der Waals surface area contributed by atoms with Crippen molar-refractivity contribution < 1.29 is 13.6 Å². The van der Waals surface area contributed by atoms with Gasteiger partial charge in [0.1, 0.15) is 0 Å². The molecule has 0 rings (SSSR count). The highest BCUT2D eigenvalue weighted by molar-refractivity contribution is 7.79. The second-order valence-electron chi connectivity index (χ2n) is 1.85. The van der Waals surface area contributed by atoms with Crippen molar-refractivity contribution in [2.45, 2.75) is 25.0 Å². The standard InChI is InChI=1S/C5H9ClO3S/c1-2-4(10(8)9)3-5(6)7/h4H,2-3H2,1H3,(H,8,9)/p-1. The lowest BCUT2D eigenvalue weighted by Crippen LogP contribution is -2.15. The van der Waals surface area contributed by atoms with Crippen molar-refractivity contribution in [3.05, 3.63) is 0 Å². The fraction of sp³-hybridized carbons (Fsp3) is 0.800. The summed E-state index contributed by atoms with van der Waals surface area (Å²) in [5.41, 5.74) is 0. The van der Waals surface area contributed by atoms with Gasteiger partial charge in [0.25, 0.3) is 0 Å². The van der Waals surface area contributed by atoms with Gasteiger partial charge in [-0.3, -0.25) is 9.00 Å². The van der Waals surface area contributed by atoms with Crippen LogP contribution in [0.2, 0.25) is 0 Å². The van der Waals surface area contributed by atoms with Crippen molar-refractivity contribution in [2.75, 3.05) is 0 Å². The van der Waals surface area contributed by atoms with Crippen LogP contribution in [-0.2, 0) is 15.9 Å². The van der Waals surface area contributed by atoms with E-state index in [-0.39, 0.29) is 6.42 Å². The van der Waals surface area contributed by atoms with Gasteiger partial charge in [-0.2, -0.15) is 0 Å². The highest BCUT2D eigenvalue weighted by Gasteiger charge is 2.09. The van der Waals surface area contributed by atoms with E-state index in [9.17, 15) is 13.6 Å². The highest BCUT2D eigenvalue weighted by Crippen LogP contribution is 2.06. The summed E-state index contributed by atoms with van der Waals surface area (Å²) in [5, 5.41) is -1.22. The number of halogens is 1. The zero-order valence-corrected chi connectivity index (χ0v) is 7.07. The average Bonchev–Trinajstić information content (AvgIpc) is 1.81. The van der Waals surface area contributed by atoms with Gasteiger partial charge < -0.3 is 4.55 Å². The van der Waals surface area contributed by atoms with E-state index in [0.29, 0.717) is 6.42 Å². The van der Waals surface area contributed by atoms with Crippen LogP contribution in [0.5, 0.6) is 0 Å². The maximum atomic E-state index is 10.3. The van der Waals surface area contributed by atoms with Gasteiger partial charge in [0, 0.05) is 11.7 Å². The molecule has 0 saturated carbocycles. The Bertz CT molecular complexity index is 148. The molecule has 0 heterocycles. The number of carbonyl (C=O) groups is 1. The number of rotatable bonds is 4. The zero-order valence-electron chi connectivity index (χ0n) is 5.50. The molecule has 0 aliphatic carbocycles. The predicted octanol–water partition coefficient (Wildman–Crippen LogP) is 0.800. The molecule has 0 aromatic rings. The lowest BCUT2D eigenvalue weighted by molar-refractivity contribution is -0.111. The first-order valence-electron chi connectivity index (χ1n) is 2.84. The molecular formula is C5H8ClO3S-. The van der Waals surface area contributed by atoms with Crippen molar-refractivity contribution in [1.82, 2.24) is 0 Å². The van der Waals surface area contributed by atoms with Crippen LogP contribution in [0.1, 0.15) is 19.8 Å². The average molecular weight is 184 g/mol. The highest BCUT2D eigenvalue weighted by atomic mass is 35.5. The number of hydrogen-bond donors (Lipinski definition) is 0. The maximum absolute atomic E-state index is 10.3. The Morgan fingerprint density at radius 3 is 2.40 bits per heavy atom. The molecule has 0 N–H and O–H groups in total. The first kappa shape index (κ1) is 10.1. The van der Waals surface area contributed by atoms with Crippen molar-refractivity contribution in [2.24, 2.45) is 0 Å². The minimum atomic E-state index is -2.18. The second-order valence-corrected chi connectivity index (χ2v) is 3.46. The fourth-order valence-electron chi connectivity index (χ4n) is 0.527. The van der Waals surface area contributed by atoms with E-state index in [0.717, 1.165) is 0 Å². The summed E-state index contributed by atoms with van der Waals surface area (Å²) in [6.45, 7) is 1.69. The molecule has 0 aliphatic rings. The third-order valence-corrected chi connectivity index (χ3v) is 2.31. The van der Waals surface area contributed by atoms with E-state index < -0.39 is 21.6 Å². The molecule has 0 fully saturated rings. The Morgan fingerprint density at radius 1 is 1.80 bits per heavy atom. The van der Waals surface area contributed by atoms with Crippen LogP contribution in [0.4, 0.5) is 0 Å². The lowest BCUT2D eigenvalue weighted by atomic mass is 10.3. The molecule has 0 amide bonds. The zero-order chi connectivity index (χ0) is 8.15. The Balaban J connectivity index is 3.83. The van der Waals surface area contributed by atoms with Gasteiger partial charge in [-0.15, -0.1) is 0 Å². The molecule has 2 unspecified atom stereocenters. The first-order chi connectivity index (χ1) is 4.57. The van der Waals surface area contributed by atoms with Crippen molar-refractivity contribution >= 4 is 27.9 Å². The summed E-state index contributed by atoms with van der Waals surface area (Å²) >= 11 is 2.80. The first-order valence-corrected chi connectivity index (χ1v) is 4.36. The Labute approximate surface area is 67.0 Å². The predicted molar refractivity (Wildman–Crippen MR) is 38.5 cm³/mol. The van der Waals surface area contributed by atoms with Crippen molar-refractivity contribution in [3.63, 3.8) is 0 Å². The monoisotopic (exact) mass is 183 g/mol. The smallest absolute Gasteiger partial charge is 0.222 e. The van der Waals surface area contributed by atoms with Crippen LogP contribution in [-0.4, -0.2) is 19.3 Å². The van der Waals surface area contributed by atoms with Gasteiger partial charge in [0.2, 0.25) is 5.24 Å². The maximum Gasteiger partial charge on any atom is 0.222 e. The summed E-state index contributed by atoms with van der Waals surface area (Å²) in [6, 6.07) is 0. The molecule has 2 atom stereocenters. The van der Waals surface area contributed by atoms with Gasteiger partial charge in [-0.25, -0.2) is 0 Å². The van der Waals surface area contributed by atoms with E-state index in [1.807, 2.05) is 0 Å². The second kappa shape index (κ2) is 4.82. The van der Waals surface area contributed by atoms with Crippen LogP contribution in [0, 0.1) is 0 Å². The molecular weight excluding hydrogens is 176 g/mol. The fourth-order valence-corrected chi connectivity index (χ4v) is 1.36. The van der Waals surface area contributed by atoms with Gasteiger partial charge in [-0.05, 0) is 18.0 Å². The molecule has 0 aromatic carbocycles. The minimum Gasteiger partial charge on any atom is -0.772 e. The van der Waals surface area contributed by atoms with Gasteiger partial charge in [-0.1, -0.05) is 18.0 Å². The molecule has 5 heteroatoms. The van der Waals surface area contributed by atoms with Gasteiger partial charge in [0.05, 0.1) is 0 Å². The summed E-state index contributed by atoms with van der Waals surface area (Å²) < 4.78 is 20.5. The quantitative estimate of drug-likeness (QED) is 0.479. The summed E-state index contributed by atoms with van der Waals surface area (Å²) in [5.74, 6) is 0. The topological polar surface area (TPSA) is 57.2 Å². The number of carbonyl (C=O) groups excluding carboxylic acids is 1. The van der Waals surface area contributed by atoms with Gasteiger partial charge >= 0.3 is 0 Å². The van der Waals surface area contributed by atoms with E-state index in [1.54, 1.807) is 6.92 Å². The molecule has 0 aliphatic heterocycles. The van der Waals surface area contributed by atoms with Crippen LogP contribution in [0.25, 0.3) is 0 Å². The molecule has 3 nitrogen and oxygen atoms in total. The third kappa shape index (κ3) is 3.98.